The fraction of sp³-hybridized carbons (Fsp3) is 0.818. The van der Waals surface area contributed by atoms with Crippen LogP contribution in [0.1, 0.15) is 46.0 Å². The number of rotatable bonds is 4. The topological polar surface area (TPSA) is 34.1 Å². The summed E-state index contributed by atoms with van der Waals surface area (Å²) in [5.41, 5.74) is 0. The smallest absolute Gasteiger partial charge is 0.133 e. The van der Waals surface area contributed by atoms with Crippen molar-refractivity contribution in [3.8, 4) is 0 Å². The zero-order valence-corrected chi connectivity index (χ0v) is 8.51. The molecule has 1 atom stereocenters. The summed E-state index contributed by atoms with van der Waals surface area (Å²) < 4.78 is 0. The fourth-order valence-corrected chi connectivity index (χ4v) is 2.31. The van der Waals surface area contributed by atoms with Gasteiger partial charge >= 0.3 is 0 Å². The Kier molecular flexibility index (Phi) is 3.64. The number of carbonyl (C=O) groups excluding carboxylic acids is 2. The predicted octanol–water partition coefficient (Wildman–Crippen LogP) is 2.36. The molecule has 1 saturated carbocycles. The average Bonchev–Trinajstić information content (AvgIpc) is 2.50. The van der Waals surface area contributed by atoms with Crippen molar-refractivity contribution in [3.05, 3.63) is 0 Å². The van der Waals surface area contributed by atoms with Crippen molar-refractivity contribution in [2.75, 3.05) is 0 Å². The van der Waals surface area contributed by atoms with E-state index in [-0.39, 0.29) is 17.5 Å². The second-order valence-electron chi connectivity index (χ2n) is 4.17. The molecule has 0 heterocycles. The van der Waals surface area contributed by atoms with Crippen LogP contribution in [0.25, 0.3) is 0 Å². The van der Waals surface area contributed by atoms with Crippen molar-refractivity contribution in [2.45, 2.75) is 46.0 Å². The molecular weight excluding hydrogens is 164 g/mol. The van der Waals surface area contributed by atoms with Crippen LogP contribution < -0.4 is 0 Å². The minimum atomic E-state index is 0.0139. The lowest BCUT2D eigenvalue weighted by Crippen LogP contribution is -2.22. The molecule has 0 bridgehead atoms. The Hall–Kier alpha value is -0.660. The quantitative estimate of drug-likeness (QED) is 0.668. The summed E-state index contributed by atoms with van der Waals surface area (Å²) in [5.74, 6) is 0.843. The van der Waals surface area contributed by atoms with Gasteiger partial charge in [0.05, 0.1) is 0 Å². The first-order valence-corrected chi connectivity index (χ1v) is 5.11. The summed E-state index contributed by atoms with van der Waals surface area (Å²) in [6.45, 7) is 3.19. The molecule has 1 aliphatic rings. The van der Waals surface area contributed by atoms with Crippen molar-refractivity contribution in [2.24, 2.45) is 11.8 Å². The Balaban J connectivity index is 2.55. The van der Waals surface area contributed by atoms with Crippen molar-refractivity contribution >= 4 is 11.6 Å². The van der Waals surface area contributed by atoms with Crippen LogP contribution in [0.3, 0.4) is 0 Å². The first-order valence-electron chi connectivity index (χ1n) is 5.11. The van der Waals surface area contributed by atoms with Gasteiger partial charge in [-0.05, 0) is 32.6 Å². The van der Waals surface area contributed by atoms with Gasteiger partial charge in [-0.2, -0.15) is 0 Å². The minimum absolute atomic E-state index is 0.0139. The summed E-state index contributed by atoms with van der Waals surface area (Å²) in [6, 6.07) is 0. The molecular formula is C11H18O2. The molecule has 74 valence electrons. The van der Waals surface area contributed by atoms with Crippen LogP contribution in [-0.4, -0.2) is 11.6 Å². The summed E-state index contributed by atoms with van der Waals surface area (Å²) in [7, 11) is 0. The SMILES string of the molecule is CC(=O)CC(C(C)=O)C1CCCC1. The standard InChI is InChI=1S/C11H18O2/c1-8(12)7-11(9(2)13)10-5-3-4-6-10/h10-11H,3-7H2,1-2H3. The second kappa shape index (κ2) is 4.54. The number of carbonyl (C=O) groups is 2. The molecule has 0 radical (unpaired) electrons. The number of Topliss-reactive ketones (excluding diaryl/α,β-unsaturated/α-hetero) is 2. The molecule has 0 aromatic carbocycles. The van der Waals surface area contributed by atoms with Gasteiger partial charge in [0.25, 0.3) is 0 Å². The van der Waals surface area contributed by atoms with Crippen molar-refractivity contribution in [1.29, 1.82) is 0 Å². The monoisotopic (exact) mass is 182 g/mol. The highest BCUT2D eigenvalue weighted by molar-refractivity contribution is 5.85. The van der Waals surface area contributed by atoms with Gasteiger partial charge in [-0.15, -0.1) is 0 Å². The minimum Gasteiger partial charge on any atom is -0.300 e. The van der Waals surface area contributed by atoms with Gasteiger partial charge in [-0.3, -0.25) is 4.79 Å². The van der Waals surface area contributed by atoms with Crippen molar-refractivity contribution in [1.82, 2.24) is 0 Å². The van der Waals surface area contributed by atoms with Gasteiger partial charge in [0.15, 0.2) is 0 Å². The molecule has 1 fully saturated rings. The molecule has 2 nitrogen and oxygen atoms in total. The van der Waals surface area contributed by atoms with E-state index in [0.717, 1.165) is 12.8 Å². The Morgan fingerprint density at radius 1 is 1.23 bits per heavy atom. The highest BCUT2D eigenvalue weighted by atomic mass is 16.1. The molecule has 13 heavy (non-hydrogen) atoms. The van der Waals surface area contributed by atoms with Crippen LogP contribution in [0.5, 0.6) is 0 Å². The normalized spacial score (nSPS) is 20.2. The second-order valence-corrected chi connectivity index (χ2v) is 4.17. The van der Waals surface area contributed by atoms with Crippen LogP contribution in [0, 0.1) is 11.8 Å². The van der Waals surface area contributed by atoms with Gasteiger partial charge in [0, 0.05) is 12.3 Å². The first-order chi connectivity index (χ1) is 6.11. The highest BCUT2D eigenvalue weighted by Gasteiger charge is 2.28. The van der Waals surface area contributed by atoms with Gasteiger partial charge in [0.2, 0.25) is 0 Å². The van der Waals surface area contributed by atoms with E-state index in [9.17, 15) is 9.59 Å². The summed E-state index contributed by atoms with van der Waals surface area (Å²) in [4.78, 5) is 22.3. The third kappa shape index (κ3) is 2.94. The van der Waals surface area contributed by atoms with Crippen LogP contribution in [-0.2, 0) is 9.59 Å². The lowest BCUT2D eigenvalue weighted by atomic mass is 9.84. The maximum absolute atomic E-state index is 11.3. The Bertz CT molecular complexity index is 202. The van der Waals surface area contributed by atoms with Gasteiger partial charge in [-0.1, -0.05) is 12.8 Å². The Morgan fingerprint density at radius 3 is 2.15 bits per heavy atom. The molecule has 2 heteroatoms. The van der Waals surface area contributed by atoms with Crippen LogP contribution in [0.15, 0.2) is 0 Å². The molecule has 1 aliphatic carbocycles. The van der Waals surface area contributed by atoms with Crippen molar-refractivity contribution in [3.63, 3.8) is 0 Å². The van der Waals surface area contributed by atoms with E-state index in [1.165, 1.54) is 12.8 Å². The molecule has 0 spiro atoms. The predicted molar refractivity (Wildman–Crippen MR) is 51.4 cm³/mol. The van der Waals surface area contributed by atoms with E-state index in [0.29, 0.717) is 12.3 Å². The number of hydrogen-bond donors (Lipinski definition) is 0. The van der Waals surface area contributed by atoms with Crippen LogP contribution in [0.2, 0.25) is 0 Å². The molecule has 0 N–H and O–H groups in total. The summed E-state index contributed by atoms with van der Waals surface area (Å²) >= 11 is 0. The van der Waals surface area contributed by atoms with E-state index in [1.54, 1.807) is 13.8 Å². The Labute approximate surface area is 79.7 Å². The zero-order valence-electron chi connectivity index (χ0n) is 8.51. The average molecular weight is 182 g/mol. The molecule has 0 saturated heterocycles. The molecule has 0 aromatic rings. The number of ketones is 2. The molecule has 1 unspecified atom stereocenters. The number of hydrogen-bond acceptors (Lipinski definition) is 2. The lowest BCUT2D eigenvalue weighted by Gasteiger charge is -2.18. The van der Waals surface area contributed by atoms with E-state index in [4.69, 9.17) is 0 Å². The molecule has 0 aromatic heterocycles. The molecule has 0 amide bonds. The van der Waals surface area contributed by atoms with Gasteiger partial charge in [-0.25, -0.2) is 0 Å². The first kappa shape index (κ1) is 10.4. The summed E-state index contributed by atoms with van der Waals surface area (Å²) in [6.07, 6.45) is 5.19. The lowest BCUT2D eigenvalue weighted by molar-refractivity contribution is -0.127. The zero-order chi connectivity index (χ0) is 9.84. The fourth-order valence-electron chi connectivity index (χ4n) is 2.31. The largest absolute Gasteiger partial charge is 0.300 e. The maximum atomic E-state index is 11.3. The van der Waals surface area contributed by atoms with Gasteiger partial charge < -0.3 is 4.79 Å². The maximum Gasteiger partial charge on any atom is 0.133 e. The van der Waals surface area contributed by atoms with Crippen LogP contribution >= 0.6 is 0 Å². The van der Waals surface area contributed by atoms with E-state index < -0.39 is 0 Å². The van der Waals surface area contributed by atoms with E-state index in [2.05, 4.69) is 0 Å². The summed E-state index contributed by atoms with van der Waals surface area (Å²) in [5, 5.41) is 0. The third-order valence-corrected chi connectivity index (χ3v) is 3.00. The molecule has 1 rings (SSSR count). The molecule has 0 aliphatic heterocycles. The van der Waals surface area contributed by atoms with Gasteiger partial charge in [0.1, 0.15) is 11.6 Å². The van der Waals surface area contributed by atoms with Crippen LogP contribution in [0.4, 0.5) is 0 Å². The third-order valence-electron chi connectivity index (χ3n) is 3.00. The van der Waals surface area contributed by atoms with Crippen molar-refractivity contribution < 1.29 is 9.59 Å². The highest BCUT2D eigenvalue weighted by Crippen LogP contribution is 2.33. The van der Waals surface area contributed by atoms with E-state index >= 15 is 0 Å². The van der Waals surface area contributed by atoms with E-state index in [1.807, 2.05) is 0 Å². The Morgan fingerprint density at radius 2 is 1.77 bits per heavy atom.